The van der Waals surface area contributed by atoms with Crippen molar-refractivity contribution < 1.29 is 9.90 Å². The molecule has 1 aromatic heterocycles. The van der Waals surface area contributed by atoms with Gasteiger partial charge in [0.05, 0.1) is 6.42 Å². The lowest BCUT2D eigenvalue weighted by atomic mass is 9.94. The number of carboxylic acid groups (broad SMARTS) is 1. The number of nitrogens with one attached hydrogen (secondary N) is 1. The van der Waals surface area contributed by atoms with E-state index < -0.39 is 5.97 Å². The third kappa shape index (κ3) is 1.92. The Bertz CT molecular complexity index is 504. The molecule has 0 aliphatic heterocycles. The zero-order valence-electron chi connectivity index (χ0n) is 8.81. The number of aliphatic carboxylic acids is 1. The summed E-state index contributed by atoms with van der Waals surface area (Å²) < 4.78 is 0. The Hall–Kier alpha value is -1.81. The maximum atomic E-state index is 10.8. The van der Waals surface area contributed by atoms with Gasteiger partial charge in [-0.15, -0.1) is 0 Å². The Balaban J connectivity index is 2.43. The Labute approximate surface area is 93.1 Å². The van der Waals surface area contributed by atoms with Crippen molar-refractivity contribution in [2.75, 3.05) is 6.54 Å². The highest BCUT2D eigenvalue weighted by molar-refractivity contribution is 5.83. The minimum Gasteiger partial charge on any atom is -0.481 e. The highest BCUT2D eigenvalue weighted by atomic mass is 16.4. The van der Waals surface area contributed by atoms with Gasteiger partial charge in [0.25, 0.3) is 0 Å². The summed E-state index contributed by atoms with van der Waals surface area (Å²) >= 11 is 0. The third-order valence-corrected chi connectivity index (χ3v) is 2.76. The Kier molecular flexibility index (Phi) is 2.92. The molecule has 0 amide bonds. The molecule has 4 heteroatoms. The molecule has 84 valence electrons. The van der Waals surface area contributed by atoms with E-state index in [0.29, 0.717) is 6.54 Å². The minimum atomic E-state index is -0.820. The van der Waals surface area contributed by atoms with Crippen molar-refractivity contribution in [3.63, 3.8) is 0 Å². The molecule has 0 radical (unpaired) electrons. The molecule has 1 heterocycles. The molecule has 0 aliphatic carbocycles. The van der Waals surface area contributed by atoms with E-state index in [1.54, 1.807) is 0 Å². The smallest absolute Gasteiger partial charge is 0.304 e. The first-order chi connectivity index (χ1) is 7.72. The molecule has 2 aromatic rings. The van der Waals surface area contributed by atoms with Crippen LogP contribution >= 0.6 is 0 Å². The molecule has 2 rings (SSSR count). The first-order valence-electron chi connectivity index (χ1n) is 5.20. The molecule has 16 heavy (non-hydrogen) atoms. The molecule has 1 aromatic carbocycles. The molecule has 4 N–H and O–H groups in total. The van der Waals surface area contributed by atoms with Gasteiger partial charge in [-0.25, -0.2) is 0 Å². The molecule has 0 aliphatic rings. The van der Waals surface area contributed by atoms with Gasteiger partial charge in [0, 0.05) is 17.6 Å². The average molecular weight is 218 g/mol. The summed E-state index contributed by atoms with van der Waals surface area (Å²) in [7, 11) is 0. The minimum absolute atomic E-state index is 0.0641. The van der Waals surface area contributed by atoms with Gasteiger partial charge in [-0.1, -0.05) is 18.2 Å². The molecule has 0 bridgehead atoms. The zero-order chi connectivity index (χ0) is 11.5. The number of rotatable bonds is 4. The maximum absolute atomic E-state index is 10.8. The van der Waals surface area contributed by atoms with E-state index >= 15 is 0 Å². The lowest BCUT2D eigenvalue weighted by molar-refractivity contribution is -0.137. The van der Waals surface area contributed by atoms with E-state index in [0.717, 1.165) is 16.5 Å². The fourth-order valence-corrected chi connectivity index (χ4v) is 1.98. The zero-order valence-corrected chi connectivity index (χ0v) is 8.81. The summed E-state index contributed by atoms with van der Waals surface area (Å²) in [5.74, 6) is -0.959. The first kappa shape index (κ1) is 10.7. The largest absolute Gasteiger partial charge is 0.481 e. The second-order valence-electron chi connectivity index (χ2n) is 3.82. The van der Waals surface area contributed by atoms with Crippen molar-refractivity contribution in [3.05, 3.63) is 36.0 Å². The van der Waals surface area contributed by atoms with E-state index in [9.17, 15) is 4.79 Å². The maximum Gasteiger partial charge on any atom is 0.304 e. The van der Waals surface area contributed by atoms with Gasteiger partial charge in [-0.2, -0.15) is 0 Å². The molecular formula is C12H14N2O2. The topological polar surface area (TPSA) is 79.1 Å². The van der Waals surface area contributed by atoms with Crippen LogP contribution in [0.1, 0.15) is 17.9 Å². The molecule has 0 fully saturated rings. The van der Waals surface area contributed by atoms with Crippen LogP contribution in [-0.4, -0.2) is 22.6 Å². The lowest BCUT2D eigenvalue weighted by Crippen LogP contribution is -2.16. The van der Waals surface area contributed by atoms with Crippen molar-refractivity contribution in [2.45, 2.75) is 12.3 Å². The summed E-state index contributed by atoms with van der Waals surface area (Å²) in [6.07, 6.45) is 1.91. The van der Waals surface area contributed by atoms with Crippen LogP contribution in [0, 0.1) is 0 Å². The van der Waals surface area contributed by atoms with Gasteiger partial charge in [0.15, 0.2) is 0 Å². The van der Waals surface area contributed by atoms with Crippen LogP contribution in [0.3, 0.4) is 0 Å². The van der Waals surface area contributed by atoms with Crippen molar-refractivity contribution in [1.82, 2.24) is 4.98 Å². The van der Waals surface area contributed by atoms with Gasteiger partial charge in [0.1, 0.15) is 0 Å². The molecular weight excluding hydrogens is 204 g/mol. The van der Waals surface area contributed by atoms with Crippen molar-refractivity contribution in [2.24, 2.45) is 5.73 Å². The van der Waals surface area contributed by atoms with Crippen LogP contribution in [0.2, 0.25) is 0 Å². The van der Waals surface area contributed by atoms with Gasteiger partial charge in [-0.05, 0) is 23.6 Å². The summed E-state index contributed by atoms with van der Waals surface area (Å²) in [6, 6.07) is 7.81. The molecule has 0 spiro atoms. The van der Waals surface area contributed by atoms with Crippen molar-refractivity contribution in [1.29, 1.82) is 0 Å². The second kappa shape index (κ2) is 4.37. The number of hydrogen-bond donors (Lipinski definition) is 3. The van der Waals surface area contributed by atoms with E-state index in [-0.39, 0.29) is 12.3 Å². The molecule has 1 atom stereocenters. The normalized spacial score (nSPS) is 12.8. The fourth-order valence-electron chi connectivity index (χ4n) is 1.98. The van der Waals surface area contributed by atoms with Crippen LogP contribution in [0.4, 0.5) is 0 Å². The molecule has 0 saturated heterocycles. The number of para-hydroxylation sites is 1. The predicted octanol–water partition coefficient (Wildman–Crippen LogP) is 1.68. The highest BCUT2D eigenvalue weighted by Gasteiger charge is 2.16. The Morgan fingerprint density at radius 2 is 2.25 bits per heavy atom. The average Bonchev–Trinajstić information content (AvgIpc) is 2.73. The number of fused-ring (bicyclic) bond motifs is 1. The fraction of sp³-hybridized carbons (Fsp3) is 0.250. The summed E-state index contributed by atoms with van der Waals surface area (Å²) in [5.41, 5.74) is 7.60. The van der Waals surface area contributed by atoms with Gasteiger partial charge in [0.2, 0.25) is 0 Å². The molecule has 4 nitrogen and oxygen atoms in total. The van der Waals surface area contributed by atoms with Gasteiger partial charge >= 0.3 is 5.97 Å². The van der Waals surface area contributed by atoms with Gasteiger partial charge < -0.3 is 15.8 Å². The number of carbonyl (C=O) groups is 1. The van der Waals surface area contributed by atoms with Crippen LogP contribution in [0.25, 0.3) is 10.9 Å². The van der Waals surface area contributed by atoms with E-state index in [1.165, 1.54) is 0 Å². The van der Waals surface area contributed by atoms with Crippen LogP contribution in [-0.2, 0) is 4.79 Å². The first-order valence-corrected chi connectivity index (χ1v) is 5.20. The Morgan fingerprint density at radius 3 is 2.94 bits per heavy atom. The predicted molar refractivity (Wildman–Crippen MR) is 62.3 cm³/mol. The summed E-state index contributed by atoms with van der Waals surface area (Å²) in [5, 5.41) is 9.92. The lowest BCUT2D eigenvalue weighted by Gasteiger charge is -2.13. The van der Waals surface area contributed by atoms with E-state index in [4.69, 9.17) is 10.8 Å². The number of carboxylic acids is 1. The van der Waals surface area contributed by atoms with E-state index in [1.807, 2.05) is 30.5 Å². The molecule has 0 saturated carbocycles. The van der Waals surface area contributed by atoms with E-state index in [2.05, 4.69) is 4.98 Å². The number of aromatic nitrogens is 1. The summed E-state index contributed by atoms with van der Waals surface area (Å²) in [6.45, 7) is 0.338. The highest BCUT2D eigenvalue weighted by Crippen LogP contribution is 2.26. The van der Waals surface area contributed by atoms with Crippen LogP contribution in [0.15, 0.2) is 30.5 Å². The van der Waals surface area contributed by atoms with Crippen LogP contribution in [0.5, 0.6) is 0 Å². The van der Waals surface area contributed by atoms with Crippen molar-refractivity contribution >= 4 is 16.9 Å². The number of benzene rings is 1. The van der Waals surface area contributed by atoms with Gasteiger partial charge in [-0.3, -0.25) is 4.79 Å². The SMILES string of the molecule is NCC(CC(=O)O)c1cccc2cc[nH]c12. The molecule has 1 unspecified atom stereocenters. The summed E-state index contributed by atoms with van der Waals surface area (Å²) in [4.78, 5) is 13.9. The number of nitrogens with two attached hydrogens (primary N) is 1. The third-order valence-electron chi connectivity index (χ3n) is 2.76. The number of aromatic amines is 1. The van der Waals surface area contributed by atoms with Crippen molar-refractivity contribution in [3.8, 4) is 0 Å². The number of hydrogen-bond acceptors (Lipinski definition) is 2. The monoisotopic (exact) mass is 218 g/mol. The quantitative estimate of drug-likeness (QED) is 0.730. The Morgan fingerprint density at radius 1 is 1.44 bits per heavy atom. The standard InChI is InChI=1S/C12H14N2O2/c13-7-9(6-11(15)16)10-3-1-2-8-4-5-14-12(8)10/h1-5,9,14H,6-7,13H2,(H,15,16). The second-order valence-corrected chi connectivity index (χ2v) is 3.82. The number of H-pyrrole nitrogens is 1. The van der Waals surface area contributed by atoms with Crippen LogP contribution < -0.4 is 5.73 Å².